The molecule has 4 nitrogen and oxygen atoms in total. The fraction of sp³-hybridized carbons (Fsp3) is 0.526. The molecule has 0 spiro atoms. The van der Waals surface area contributed by atoms with Gasteiger partial charge in [-0.25, -0.2) is 9.18 Å². The zero-order chi connectivity index (χ0) is 18.7. The second-order valence-electron chi connectivity index (χ2n) is 6.99. The molecule has 2 N–H and O–H groups in total. The third-order valence-electron chi connectivity index (χ3n) is 4.88. The van der Waals surface area contributed by atoms with Crippen molar-refractivity contribution in [3.63, 3.8) is 0 Å². The molecular formula is C19H23F2NO3S. The normalized spacial score (nSPS) is 16.8. The third-order valence-corrected chi connectivity index (χ3v) is 5.73. The molecule has 2 aromatic rings. The lowest BCUT2D eigenvalue weighted by molar-refractivity contribution is 0.323. The van der Waals surface area contributed by atoms with Crippen LogP contribution in [0.1, 0.15) is 44.1 Å². The van der Waals surface area contributed by atoms with Crippen molar-refractivity contribution in [1.82, 2.24) is 0 Å². The Morgan fingerprint density at radius 3 is 2.77 bits per heavy atom. The first-order chi connectivity index (χ1) is 12.5. The van der Waals surface area contributed by atoms with Gasteiger partial charge in [-0.05, 0) is 30.9 Å². The van der Waals surface area contributed by atoms with Gasteiger partial charge in [-0.15, -0.1) is 0 Å². The Bertz CT molecular complexity index is 834. The van der Waals surface area contributed by atoms with Gasteiger partial charge in [-0.2, -0.15) is 4.39 Å². The van der Waals surface area contributed by atoms with Crippen LogP contribution in [-0.2, 0) is 0 Å². The number of rotatable bonds is 6. The lowest BCUT2D eigenvalue weighted by atomic mass is 9.85. The summed E-state index contributed by atoms with van der Waals surface area (Å²) < 4.78 is 38.9. The molecule has 1 heterocycles. The van der Waals surface area contributed by atoms with E-state index in [2.05, 4.69) is 0 Å². The van der Waals surface area contributed by atoms with Crippen LogP contribution in [-0.4, -0.2) is 11.8 Å². The van der Waals surface area contributed by atoms with Crippen LogP contribution < -0.4 is 15.5 Å². The van der Waals surface area contributed by atoms with Gasteiger partial charge in [0.1, 0.15) is 0 Å². The Morgan fingerprint density at radius 2 is 2.04 bits per heavy atom. The molecule has 1 fully saturated rings. The van der Waals surface area contributed by atoms with E-state index >= 15 is 0 Å². The van der Waals surface area contributed by atoms with Crippen molar-refractivity contribution < 1.29 is 17.4 Å². The summed E-state index contributed by atoms with van der Waals surface area (Å²) in [6.07, 6.45) is 7.09. The molecule has 1 saturated carbocycles. The summed E-state index contributed by atoms with van der Waals surface area (Å²) in [5, 5.41) is 0.214. The number of benzene rings is 1. The van der Waals surface area contributed by atoms with E-state index in [-0.39, 0.29) is 17.0 Å². The van der Waals surface area contributed by atoms with E-state index in [1.54, 1.807) is 6.92 Å². The third kappa shape index (κ3) is 4.38. The molecule has 7 heteroatoms. The van der Waals surface area contributed by atoms with E-state index in [1.807, 2.05) is 0 Å². The molecule has 0 radical (unpaired) electrons. The molecule has 1 atom stereocenters. The maximum Gasteiger partial charge on any atom is 0.336 e. The molecule has 1 aliphatic rings. The van der Waals surface area contributed by atoms with Crippen molar-refractivity contribution in [1.29, 1.82) is 0 Å². The van der Waals surface area contributed by atoms with Gasteiger partial charge in [0.2, 0.25) is 11.6 Å². The predicted octanol–water partition coefficient (Wildman–Crippen LogP) is 4.70. The maximum atomic E-state index is 14.5. The minimum absolute atomic E-state index is 0.0881. The van der Waals surface area contributed by atoms with Crippen LogP contribution in [0.15, 0.2) is 21.3 Å². The molecule has 142 valence electrons. The Balaban J connectivity index is 1.66. The SMILES string of the molecule is Cc1cc(=O)oc2c(F)c(OSCC(N)CC3CCCCC3)c(F)cc12. The average Bonchev–Trinajstić information content (AvgIpc) is 2.60. The van der Waals surface area contributed by atoms with E-state index in [4.69, 9.17) is 14.3 Å². The fourth-order valence-corrected chi connectivity index (χ4v) is 4.19. The Hall–Kier alpha value is -1.60. The molecule has 1 aliphatic carbocycles. The first-order valence-electron chi connectivity index (χ1n) is 8.93. The van der Waals surface area contributed by atoms with Crippen LogP contribution in [0.25, 0.3) is 11.0 Å². The molecule has 0 amide bonds. The van der Waals surface area contributed by atoms with Crippen molar-refractivity contribution in [2.75, 3.05) is 5.75 Å². The standard InChI is InChI=1S/C19H23F2NO3S/c1-11-7-16(23)24-18-14(11)9-15(20)19(17(18)21)25-26-10-13(22)8-12-5-3-2-4-6-12/h7,9,12-13H,2-6,8,10,22H2,1H3. The highest BCUT2D eigenvalue weighted by atomic mass is 32.2. The number of aryl methyl sites for hydroxylation is 1. The van der Waals surface area contributed by atoms with Crippen LogP contribution >= 0.6 is 12.0 Å². The van der Waals surface area contributed by atoms with Crippen molar-refractivity contribution in [2.45, 2.75) is 51.5 Å². The number of hydrogen-bond donors (Lipinski definition) is 1. The summed E-state index contributed by atoms with van der Waals surface area (Å²) in [6, 6.07) is 2.23. The Morgan fingerprint density at radius 1 is 1.31 bits per heavy atom. The second kappa shape index (κ2) is 8.39. The van der Waals surface area contributed by atoms with Crippen LogP contribution in [0.3, 0.4) is 0 Å². The summed E-state index contributed by atoms with van der Waals surface area (Å²) >= 11 is 0.924. The van der Waals surface area contributed by atoms with Gasteiger partial charge >= 0.3 is 5.63 Å². The molecule has 1 aromatic carbocycles. The lowest BCUT2D eigenvalue weighted by Gasteiger charge is -2.24. The topological polar surface area (TPSA) is 65.5 Å². The van der Waals surface area contributed by atoms with Gasteiger partial charge in [0.05, 0.1) is 12.0 Å². The summed E-state index contributed by atoms with van der Waals surface area (Å²) in [4.78, 5) is 11.5. The van der Waals surface area contributed by atoms with Crippen molar-refractivity contribution in [3.05, 3.63) is 39.8 Å². The fourth-order valence-electron chi connectivity index (χ4n) is 3.54. The molecule has 0 saturated heterocycles. The second-order valence-corrected chi connectivity index (χ2v) is 7.73. The van der Waals surface area contributed by atoms with Crippen LogP contribution in [0.2, 0.25) is 0 Å². The van der Waals surface area contributed by atoms with Gasteiger partial charge in [-0.1, -0.05) is 32.1 Å². The number of hydrogen-bond acceptors (Lipinski definition) is 5. The quantitative estimate of drug-likeness (QED) is 0.578. The summed E-state index contributed by atoms with van der Waals surface area (Å²) in [5.74, 6) is -1.33. The molecule has 1 unspecified atom stereocenters. The molecule has 26 heavy (non-hydrogen) atoms. The van der Waals surface area contributed by atoms with Crippen LogP contribution in [0.4, 0.5) is 8.78 Å². The number of halogens is 2. The number of fused-ring (bicyclic) bond motifs is 1. The first-order valence-corrected chi connectivity index (χ1v) is 9.84. The summed E-state index contributed by atoms with van der Waals surface area (Å²) in [5.41, 5.74) is 5.59. The van der Waals surface area contributed by atoms with Crippen molar-refractivity contribution >= 4 is 23.0 Å². The van der Waals surface area contributed by atoms with E-state index < -0.39 is 23.0 Å². The highest BCUT2D eigenvalue weighted by Gasteiger charge is 2.21. The monoisotopic (exact) mass is 383 g/mol. The summed E-state index contributed by atoms with van der Waals surface area (Å²) in [6.45, 7) is 1.59. The van der Waals surface area contributed by atoms with Gasteiger partial charge in [-0.3, -0.25) is 0 Å². The predicted molar refractivity (Wildman–Crippen MR) is 99.4 cm³/mol. The molecule has 0 bridgehead atoms. The first kappa shape index (κ1) is 19.2. The van der Waals surface area contributed by atoms with E-state index in [1.165, 1.54) is 38.2 Å². The van der Waals surface area contributed by atoms with E-state index in [9.17, 15) is 13.6 Å². The molecule has 1 aromatic heterocycles. The highest BCUT2D eigenvalue weighted by molar-refractivity contribution is 7.95. The maximum absolute atomic E-state index is 14.5. The van der Waals surface area contributed by atoms with Gasteiger partial charge in [0.25, 0.3) is 0 Å². The minimum atomic E-state index is -1.01. The van der Waals surface area contributed by atoms with Crippen LogP contribution in [0.5, 0.6) is 5.75 Å². The minimum Gasteiger partial charge on any atom is -0.419 e. The molecular weight excluding hydrogens is 360 g/mol. The highest BCUT2D eigenvalue weighted by Crippen LogP contribution is 2.33. The Labute approximate surface area is 155 Å². The van der Waals surface area contributed by atoms with Gasteiger partial charge in [0, 0.05) is 23.2 Å². The lowest BCUT2D eigenvalue weighted by Crippen LogP contribution is -2.27. The van der Waals surface area contributed by atoms with Gasteiger partial charge < -0.3 is 14.3 Å². The van der Waals surface area contributed by atoms with E-state index in [0.29, 0.717) is 17.2 Å². The van der Waals surface area contributed by atoms with Crippen LogP contribution in [0, 0.1) is 24.5 Å². The van der Waals surface area contributed by atoms with E-state index in [0.717, 1.165) is 24.5 Å². The largest absolute Gasteiger partial charge is 0.419 e. The van der Waals surface area contributed by atoms with Gasteiger partial charge in [0.15, 0.2) is 11.4 Å². The summed E-state index contributed by atoms with van der Waals surface area (Å²) in [7, 11) is 0. The Kier molecular flexibility index (Phi) is 6.19. The zero-order valence-corrected chi connectivity index (χ0v) is 15.5. The number of nitrogens with two attached hydrogens (primary N) is 1. The molecule has 0 aliphatic heterocycles. The smallest absolute Gasteiger partial charge is 0.336 e. The zero-order valence-electron chi connectivity index (χ0n) is 14.7. The average molecular weight is 383 g/mol. The van der Waals surface area contributed by atoms with Crippen molar-refractivity contribution in [2.24, 2.45) is 11.7 Å². The molecule has 3 rings (SSSR count). The van der Waals surface area contributed by atoms with Crippen molar-refractivity contribution in [3.8, 4) is 5.75 Å².